The molecular formula is C34H66NO6P-2. The Balaban J connectivity index is 4.07. The Morgan fingerprint density at radius 2 is 1.07 bits per heavy atom. The predicted octanol–water partition coefficient (Wildman–Crippen LogP) is 8.42. The van der Waals surface area contributed by atoms with E-state index in [2.05, 4.69) is 23.7 Å². The topological polar surface area (TPSA) is 122 Å². The van der Waals surface area contributed by atoms with Crippen LogP contribution in [0.1, 0.15) is 181 Å². The highest BCUT2D eigenvalue weighted by Crippen LogP contribution is 2.25. The third kappa shape index (κ3) is 30.7. The number of carbonyl (C=O) groups is 1. The number of hydrogen-bond acceptors (Lipinski definition) is 6. The first kappa shape index (κ1) is 41.3. The maximum atomic E-state index is 12.4. The molecule has 0 spiro atoms. The minimum atomic E-state index is -5.20. The quantitative estimate of drug-likeness (QED) is 0.0445. The number of allylic oxidation sites excluding steroid dienone is 1. The molecular weight excluding hydrogens is 549 g/mol. The van der Waals surface area contributed by atoms with Crippen molar-refractivity contribution >= 4 is 13.7 Å². The van der Waals surface area contributed by atoms with E-state index < -0.39 is 26.6 Å². The Hall–Kier alpha value is -0.720. The zero-order chi connectivity index (χ0) is 31.2. The van der Waals surface area contributed by atoms with Crippen LogP contribution in [0.25, 0.3) is 0 Å². The summed E-state index contributed by atoms with van der Waals surface area (Å²) in [6.45, 7) is 3.91. The zero-order valence-corrected chi connectivity index (χ0v) is 28.2. The van der Waals surface area contributed by atoms with Crippen LogP contribution in [-0.4, -0.2) is 29.8 Å². The molecule has 0 heterocycles. The highest BCUT2D eigenvalue weighted by molar-refractivity contribution is 7.43. The van der Waals surface area contributed by atoms with Gasteiger partial charge in [-0.2, -0.15) is 0 Å². The molecule has 0 radical (unpaired) electrons. The fourth-order valence-electron chi connectivity index (χ4n) is 5.28. The molecule has 2 N–H and O–H groups in total. The Labute approximate surface area is 259 Å². The number of phosphoric acid groups is 1. The van der Waals surface area contributed by atoms with Crippen molar-refractivity contribution < 1.29 is 28.8 Å². The summed E-state index contributed by atoms with van der Waals surface area (Å²) in [5, 5.41) is 13.2. The van der Waals surface area contributed by atoms with Gasteiger partial charge >= 0.3 is 0 Å². The lowest BCUT2D eigenvalue weighted by Gasteiger charge is -2.32. The molecule has 0 aromatic carbocycles. The first-order chi connectivity index (χ1) is 20.3. The number of carbonyl (C=O) groups excluding carboxylic acids is 1. The van der Waals surface area contributed by atoms with Crippen molar-refractivity contribution in [1.29, 1.82) is 0 Å². The summed E-state index contributed by atoms with van der Waals surface area (Å²) in [7, 11) is -5.20. The van der Waals surface area contributed by atoms with Gasteiger partial charge in [-0.1, -0.05) is 167 Å². The van der Waals surface area contributed by atoms with E-state index in [1.807, 2.05) is 6.08 Å². The first-order valence-electron chi connectivity index (χ1n) is 17.6. The minimum absolute atomic E-state index is 0.267. The van der Waals surface area contributed by atoms with E-state index in [0.717, 1.165) is 38.5 Å². The summed E-state index contributed by atoms with van der Waals surface area (Å²) >= 11 is 0. The van der Waals surface area contributed by atoms with Crippen LogP contribution in [-0.2, 0) is 13.9 Å². The van der Waals surface area contributed by atoms with Gasteiger partial charge in [0.05, 0.1) is 26.6 Å². The number of amides is 1. The molecule has 0 fully saturated rings. The van der Waals surface area contributed by atoms with Crippen molar-refractivity contribution in [2.24, 2.45) is 0 Å². The van der Waals surface area contributed by atoms with E-state index in [1.54, 1.807) is 6.08 Å². The summed E-state index contributed by atoms with van der Waals surface area (Å²) in [5.41, 5.74) is 0. The van der Waals surface area contributed by atoms with E-state index in [1.165, 1.54) is 122 Å². The lowest BCUT2D eigenvalue weighted by atomic mass is 10.0. The van der Waals surface area contributed by atoms with Crippen molar-refractivity contribution in [2.45, 2.75) is 193 Å². The van der Waals surface area contributed by atoms with Gasteiger partial charge in [0, 0.05) is 6.42 Å². The molecule has 0 aliphatic heterocycles. The highest BCUT2D eigenvalue weighted by atomic mass is 31.2. The van der Waals surface area contributed by atoms with E-state index in [-0.39, 0.29) is 5.91 Å². The zero-order valence-electron chi connectivity index (χ0n) is 27.3. The summed E-state index contributed by atoms with van der Waals surface area (Å²) in [6.07, 6.45) is 33.2. The van der Waals surface area contributed by atoms with Gasteiger partial charge in [-0.05, 0) is 19.3 Å². The molecule has 0 saturated heterocycles. The number of nitrogens with one attached hydrogen (secondary N) is 1. The average molecular weight is 616 g/mol. The smallest absolute Gasteiger partial charge is 0.220 e. The van der Waals surface area contributed by atoms with Crippen LogP contribution in [0.4, 0.5) is 0 Å². The van der Waals surface area contributed by atoms with E-state index in [0.29, 0.717) is 6.42 Å². The predicted molar refractivity (Wildman–Crippen MR) is 172 cm³/mol. The second kappa shape index (κ2) is 30.3. The Morgan fingerprint density at radius 1 is 0.690 bits per heavy atom. The van der Waals surface area contributed by atoms with Crippen LogP contribution in [0.15, 0.2) is 12.2 Å². The molecule has 0 rings (SSSR count). The fourth-order valence-corrected chi connectivity index (χ4v) is 5.62. The maximum absolute atomic E-state index is 12.4. The largest absolute Gasteiger partial charge is 0.790 e. The summed E-state index contributed by atoms with van der Waals surface area (Å²) in [5.74, 6) is -0.267. The molecule has 0 aromatic heterocycles. The molecule has 0 aliphatic rings. The van der Waals surface area contributed by atoms with Gasteiger partial charge in [-0.3, -0.25) is 4.79 Å². The molecule has 42 heavy (non-hydrogen) atoms. The van der Waals surface area contributed by atoms with Gasteiger partial charge in [-0.25, -0.2) is 0 Å². The molecule has 1 amide bonds. The summed E-state index contributed by atoms with van der Waals surface area (Å²) in [6, 6.07) is -0.982. The lowest BCUT2D eigenvalue weighted by Crippen LogP contribution is -2.46. The van der Waals surface area contributed by atoms with Crippen LogP contribution in [0.2, 0.25) is 0 Å². The van der Waals surface area contributed by atoms with Crippen LogP contribution in [0, 0.1) is 0 Å². The van der Waals surface area contributed by atoms with Gasteiger partial charge in [-0.15, -0.1) is 0 Å². The van der Waals surface area contributed by atoms with E-state index in [9.17, 15) is 24.3 Å². The molecule has 7 nitrogen and oxygen atoms in total. The number of phosphoric ester groups is 1. The maximum Gasteiger partial charge on any atom is 0.220 e. The number of hydrogen-bond donors (Lipinski definition) is 2. The molecule has 8 heteroatoms. The van der Waals surface area contributed by atoms with Crippen LogP contribution in [0.3, 0.4) is 0 Å². The van der Waals surface area contributed by atoms with Gasteiger partial charge in [0.15, 0.2) is 0 Å². The summed E-state index contributed by atoms with van der Waals surface area (Å²) in [4.78, 5) is 34.4. The molecule has 2 atom stereocenters. The number of rotatable bonds is 32. The van der Waals surface area contributed by atoms with Crippen molar-refractivity contribution in [3.05, 3.63) is 12.2 Å². The molecule has 250 valence electrons. The molecule has 0 saturated carbocycles. The Bertz CT molecular complexity index is 668. The van der Waals surface area contributed by atoms with E-state index >= 15 is 0 Å². The molecule has 0 aromatic rings. The summed E-state index contributed by atoms with van der Waals surface area (Å²) < 4.78 is 15.4. The van der Waals surface area contributed by atoms with Gasteiger partial charge in [0.1, 0.15) is 0 Å². The Kier molecular flexibility index (Phi) is 29.8. The normalized spacial score (nSPS) is 13.5. The number of aliphatic hydroxyl groups is 1. The minimum Gasteiger partial charge on any atom is -0.790 e. The van der Waals surface area contributed by atoms with Crippen LogP contribution >= 0.6 is 7.82 Å². The second-order valence-corrected chi connectivity index (χ2v) is 13.3. The third-order valence-corrected chi connectivity index (χ3v) is 8.45. The molecule has 0 aliphatic carbocycles. The van der Waals surface area contributed by atoms with Gasteiger partial charge < -0.3 is 29.3 Å². The van der Waals surface area contributed by atoms with Crippen molar-refractivity contribution in [3.63, 3.8) is 0 Å². The van der Waals surface area contributed by atoms with Gasteiger partial charge in [0.25, 0.3) is 0 Å². The lowest BCUT2D eigenvalue weighted by molar-refractivity contribution is -0.342. The third-order valence-electron chi connectivity index (χ3n) is 7.99. The fraction of sp³-hybridized carbons (Fsp3) is 0.912. The first-order valence-corrected chi connectivity index (χ1v) is 19.1. The van der Waals surface area contributed by atoms with Crippen LogP contribution < -0.4 is 15.1 Å². The van der Waals surface area contributed by atoms with Crippen molar-refractivity contribution in [2.75, 3.05) is 6.61 Å². The van der Waals surface area contributed by atoms with Gasteiger partial charge in [0.2, 0.25) is 5.91 Å². The standard InChI is InChI=1S/C34H68NO6P/c1-3-5-7-9-11-13-15-17-19-21-23-25-27-29-33(36)32(31-41-42(38,39)40)35-34(37)30-28-26-24-22-20-18-16-14-12-10-8-6-4-2/h27,29,32-33,36H,3-26,28,30-31H2,1-2H3,(H,35,37)(H2,38,39,40)/p-2/b29-27+/t32-,33+/m0/s1. The number of unbranched alkanes of at least 4 members (excludes halogenated alkanes) is 23. The highest BCUT2D eigenvalue weighted by Gasteiger charge is 2.20. The number of aliphatic hydroxyl groups excluding tert-OH is 1. The SMILES string of the molecule is CCCCCCCCCCCCC/C=C/[C@@H](O)[C@H](COP(=O)([O-])[O-])NC(=O)CCCCCCCCCCCCCCC. The molecule has 0 bridgehead atoms. The van der Waals surface area contributed by atoms with Crippen molar-refractivity contribution in [3.8, 4) is 0 Å². The Morgan fingerprint density at radius 3 is 1.48 bits per heavy atom. The van der Waals surface area contributed by atoms with E-state index in [4.69, 9.17) is 0 Å². The molecule has 0 unspecified atom stereocenters. The monoisotopic (exact) mass is 615 g/mol. The van der Waals surface area contributed by atoms with Crippen molar-refractivity contribution in [1.82, 2.24) is 5.32 Å². The average Bonchev–Trinajstić information content (AvgIpc) is 2.95. The van der Waals surface area contributed by atoms with Crippen LogP contribution in [0.5, 0.6) is 0 Å². The second-order valence-electron chi connectivity index (χ2n) is 12.2.